The van der Waals surface area contributed by atoms with Crippen LogP contribution >= 0.6 is 11.6 Å². The predicted molar refractivity (Wildman–Crippen MR) is 82.2 cm³/mol. The van der Waals surface area contributed by atoms with Gasteiger partial charge in [-0.15, -0.1) is 0 Å². The monoisotopic (exact) mass is 290 g/mol. The zero-order chi connectivity index (χ0) is 13.9. The van der Waals surface area contributed by atoms with Crippen LogP contribution in [0.15, 0.2) is 24.3 Å². The molecule has 0 radical (unpaired) electrons. The van der Waals surface area contributed by atoms with Crippen LogP contribution in [-0.4, -0.2) is 24.2 Å². The molecule has 1 aliphatic rings. The van der Waals surface area contributed by atoms with Gasteiger partial charge in [0.2, 0.25) is 0 Å². The normalized spacial score (nSPS) is 18.8. The molecule has 3 rings (SSSR count). The number of nitrogens with zero attached hydrogens (tertiary/aromatic N) is 1. The second kappa shape index (κ2) is 6.08. The predicted octanol–water partition coefficient (Wildman–Crippen LogP) is 3.47. The van der Waals surface area contributed by atoms with E-state index in [0.717, 1.165) is 48.1 Å². The van der Waals surface area contributed by atoms with Gasteiger partial charge in [0.05, 0.1) is 11.6 Å². The van der Waals surface area contributed by atoms with Crippen LogP contribution in [0, 0.1) is 6.92 Å². The number of halogens is 1. The minimum atomic E-state index is 0.351. The third-order valence-electron chi connectivity index (χ3n) is 3.79. The third kappa shape index (κ3) is 2.95. The van der Waals surface area contributed by atoms with E-state index in [1.807, 2.05) is 0 Å². The average Bonchev–Trinajstić information content (AvgIpc) is 2.94. The molecular weight excluding hydrogens is 272 g/mol. The third-order valence-corrected chi connectivity index (χ3v) is 4.11. The number of fused-ring (bicyclic) bond motifs is 1. The number of hydrogen-bond acceptors (Lipinski definition) is 3. The minimum Gasteiger partial charge on any atom is -0.377 e. The van der Waals surface area contributed by atoms with Crippen LogP contribution in [0.3, 0.4) is 0 Å². The number of benzene rings is 1. The highest BCUT2D eigenvalue weighted by Crippen LogP contribution is 2.23. The molecule has 1 aromatic carbocycles. The molecule has 1 fully saturated rings. The molecule has 1 atom stereocenters. The highest BCUT2D eigenvalue weighted by molar-refractivity contribution is 6.30. The summed E-state index contributed by atoms with van der Waals surface area (Å²) in [6.45, 7) is 4.56. The standard InChI is InChI=1S/C16H19ClN2O/c1-11-4-2-5-12-8-13(16(17)19-15(11)12)9-18-10-14-6-3-7-20-14/h2,4-5,8,14,18H,3,6-7,9-10H2,1H3/t14-/m0/s1. The molecular formula is C16H19ClN2O. The molecule has 1 aromatic heterocycles. The Labute approximate surface area is 124 Å². The smallest absolute Gasteiger partial charge is 0.134 e. The summed E-state index contributed by atoms with van der Waals surface area (Å²) in [5.41, 5.74) is 3.19. The van der Waals surface area contributed by atoms with Crippen molar-refractivity contribution >= 4 is 22.5 Å². The van der Waals surface area contributed by atoms with E-state index in [-0.39, 0.29) is 0 Å². The van der Waals surface area contributed by atoms with Gasteiger partial charge in [-0.2, -0.15) is 0 Å². The fourth-order valence-electron chi connectivity index (χ4n) is 2.67. The van der Waals surface area contributed by atoms with Gasteiger partial charge in [-0.3, -0.25) is 0 Å². The fraction of sp³-hybridized carbons (Fsp3) is 0.438. The molecule has 20 heavy (non-hydrogen) atoms. The van der Waals surface area contributed by atoms with Crippen LogP contribution in [0.25, 0.3) is 10.9 Å². The molecule has 0 amide bonds. The molecule has 2 aromatic rings. The lowest BCUT2D eigenvalue weighted by Crippen LogP contribution is -2.26. The van der Waals surface area contributed by atoms with Crippen LogP contribution in [0.2, 0.25) is 5.15 Å². The number of rotatable bonds is 4. The van der Waals surface area contributed by atoms with E-state index >= 15 is 0 Å². The van der Waals surface area contributed by atoms with Crippen molar-refractivity contribution in [2.45, 2.75) is 32.4 Å². The first-order valence-corrected chi connectivity index (χ1v) is 7.49. The van der Waals surface area contributed by atoms with Crippen molar-refractivity contribution in [2.75, 3.05) is 13.2 Å². The summed E-state index contributed by atoms with van der Waals surface area (Å²) in [6, 6.07) is 8.31. The van der Waals surface area contributed by atoms with E-state index in [1.165, 1.54) is 6.42 Å². The van der Waals surface area contributed by atoms with Crippen LogP contribution in [0.5, 0.6) is 0 Å². The zero-order valence-corrected chi connectivity index (χ0v) is 12.4. The summed E-state index contributed by atoms with van der Waals surface area (Å²) < 4.78 is 5.60. The summed E-state index contributed by atoms with van der Waals surface area (Å²) in [5, 5.41) is 5.15. The second-order valence-electron chi connectivity index (χ2n) is 5.35. The van der Waals surface area contributed by atoms with Crippen LogP contribution in [0.4, 0.5) is 0 Å². The number of hydrogen-bond donors (Lipinski definition) is 1. The van der Waals surface area contributed by atoms with Gasteiger partial charge in [0.1, 0.15) is 5.15 Å². The lowest BCUT2D eigenvalue weighted by atomic mass is 10.1. The van der Waals surface area contributed by atoms with Crippen LogP contribution in [0.1, 0.15) is 24.0 Å². The Morgan fingerprint density at radius 1 is 1.45 bits per heavy atom. The Hall–Kier alpha value is -1.16. The summed E-state index contributed by atoms with van der Waals surface area (Å²) in [7, 11) is 0. The summed E-state index contributed by atoms with van der Waals surface area (Å²) in [4.78, 5) is 4.52. The molecule has 1 saturated heterocycles. The van der Waals surface area contributed by atoms with Crippen molar-refractivity contribution < 1.29 is 4.74 Å². The quantitative estimate of drug-likeness (QED) is 0.876. The molecule has 0 aliphatic carbocycles. The van der Waals surface area contributed by atoms with Crippen molar-refractivity contribution in [1.82, 2.24) is 10.3 Å². The highest BCUT2D eigenvalue weighted by atomic mass is 35.5. The minimum absolute atomic E-state index is 0.351. The first-order chi connectivity index (χ1) is 9.74. The second-order valence-corrected chi connectivity index (χ2v) is 5.71. The number of nitrogens with one attached hydrogen (secondary N) is 1. The Balaban J connectivity index is 1.72. The van der Waals surface area contributed by atoms with E-state index in [9.17, 15) is 0 Å². The average molecular weight is 291 g/mol. The van der Waals surface area contributed by atoms with Gasteiger partial charge in [-0.1, -0.05) is 29.8 Å². The number of ether oxygens (including phenoxy) is 1. The number of aromatic nitrogens is 1. The Morgan fingerprint density at radius 2 is 2.35 bits per heavy atom. The van der Waals surface area contributed by atoms with E-state index in [4.69, 9.17) is 16.3 Å². The molecule has 1 aliphatic heterocycles. The summed E-state index contributed by atoms with van der Waals surface area (Å²) in [5.74, 6) is 0. The van der Waals surface area contributed by atoms with Gasteiger partial charge in [0.15, 0.2) is 0 Å². The molecule has 4 heteroatoms. The SMILES string of the molecule is Cc1cccc2cc(CNC[C@@H]3CCCO3)c(Cl)nc12. The topological polar surface area (TPSA) is 34.1 Å². The van der Waals surface area contributed by atoms with E-state index in [2.05, 4.69) is 41.5 Å². The fourth-order valence-corrected chi connectivity index (χ4v) is 2.87. The lowest BCUT2D eigenvalue weighted by Gasteiger charge is -2.12. The first kappa shape index (κ1) is 13.8. The van der Waals surface area contributed by atoms with Crippen LogP contribution < -0.4 is 5.32 Å². The molecule has 0 bridgehead atoms. The van der Waals surface area contributed by atoms with Crippen molar-refractivity contribution in [2.24, 2.45) is 0 Å². The number of pyridine rings is 1. The number of aryl methyl sites for hydroxylation is 1. The Bertz CT molecular complexity index is 609. The maximum atomic E-state index is 6.29. The Kier molecular flexibility index (Phi) is 4.20. The van der Waals surface area contributed by atoms with Gasteiger partial charge in [-0.05, 0) is 31.4 Å². The molecule has 1 N–H and O–H groups in total. The van der Waals surface area contributed by atoms with Crippen LogP contribution in [-0.2, 0) is 11.3 Å². The molecule has 3 nitrogen and oxygen atoms in total. The lowest BCUT2D eigenvalue weighted by molar-refractivity contribution is 0.110. The molecule has 0 unspecified atom stereocenters. The van der Waals surface area contributed by atoms with Gasteiger partial charge < -0.3 is 10.1 Å². The maximum Gasteiger partial charge on any atom is 0.134 e. The zero-order valence-electron chi connectivity index (χ0n) is 11.7. The summed E-state index contributed by atoms with van der Waals surface area (Å²) >= 11 is 6.29. The van der Waals surface area contributed by atoms with E-state index < -0.39 is 0 Å². The molecule has 0 saturated carbocycles. The van der Waals surface area contributed by atoms with Crippen molar-refractivity contribution in [3.63, 3.8) is 0 Å². The number of para-hydroxylation sites is 1. The largest absolute Gasteiger partial charge is 0.377 e. The van der Waals surface area contributed by atoms with Crippen molar-refractivity contribution in [3.05, 3.63) is 40.5 Å². The highest BCUT2D eigenvalue weighted by Gasteiger charge is 2.15. The van der Waals surface area contributed by atoms with Crippen molar-refractivity contribution in [1.29, 1.82) is 0 Å². The molecule has 106 valence electrons. The Morgan fingerprint density at radius 3 is 3.15 bits per heavy atom. The molecule has 0 spiro atoms. The molecule has 2 heterocycles. The van der Waals surface area contributed by atoms with E-state index in [0.29, 0.717) is 11.3 Å². The van der Waals surface area contributed by atoms with Gasteiger partial charge in [0.25, 0.3) is 0 Å². The van der Waals surface area contributed by atoms with E-state index in [1.54, 1.807) is 0 Å². The van der Waals surface area contributed by atoms with Crippen molar-refractivity contribution in [3.8, 4) is 0 Å². The maximum absolute atomic E-state index is 6.29. The van der Waals surface area contributed by atoms with Gasteiger partial charge in [-0.25, -0.2) is 4.98 Å². The van der Waals surface area contributed by atoms with Gasteiger partial charge >= 0.3 is 0 Å². The van der Waals surface area contributed by atoms with Gasteiger partial charge in [0, 0.05) is 30.6 Å². The summed E-state index contributed by atoms with van der Waals surface area (Å²) in [6.07, 6.45) is 2.67. The first-order valence-electron chi connectivity index (χ1n) is 7.11.